The highest BCUT2D eigenvalue weighted by Crippen LogP contribution is 2.30. The second kappa shape index (κ2) is 6.71. The fourth-order valence-electron chi connectivity index (χ4n) is 3.78. The molecule has 5 aromatic rings. The number of nitriles is 1. The van der Waals surface area contributed by atoms with Crippen LogP contribution in [0.4, 0.5) is 0 Å². The number of fused-ring (bicyclic) bond motifs is 2. The van der Waals surface area contributed by atoms with E-state index >= 15 is 0 Å². The van der Waals surface area contributed by atoms with E-state index < -0.39 is 0 Å². The van der Waals surface area contributed by atoms with Gasteiger partial charge in [-0.1, -0.05) is 49.4 Å². The normalized spacial score (nSPS) is 11.2. The van der Waals surface area contributed by atoms with Crippen LogP contribution in [0.2, 0.25) is 0 Å². The largest absolute Gasteiger partial charge is 0.436 e. The van der Waals surface area contributed by atoms with Crippen molar-refractivity contribution in [1.82, 2.24) is 19.6 Å². The van der Waals surface area contributed by atoms with Gasteiger partial charge in [0.25, 0.3) is 5.56 Å². The number of aromatic amines is 1. The van der Waals surface area contributed by atoms with Gasteiger partial charge in [0.2, 0.25) is 5.89 Å². The van der Waals surface area contributed by atoms with Crippen molar-refractivity contribution in [2.45, 2.75) is 20.3 Å². The molecule has 7 nitrogen and oxygen atoms in total. The number of para-hydroxylation sites is 1. The number of nitrogens with one attached hydrogen (secondary N) is 1. The minimum absolute atomic E-state index is 0.227. The van der Waals surface area contributed by atoms with E-state index in [1.165, 1.54) is 4.52 Å². The Balaban J connectivity index is 1.80. The van der Waals surface area contributed by atoms with E-state index in [2.05, 4.69) is 21.1 Å². The minimum Gasteiger partial charge on any atom is -0.436 e. The number of oxazole rings is 1. The molecule has 7 heteroatoms. The van der Waals surface area contributed by atoms with Gasteiger partial charge < -0.3 is 4.42 Å². The van der Waals surface area contributed by atoms with Crippen molar-refractivity contribution in [3.8, 4) is 28.7 Å². The molecule has 3 heterocycles. The molecule has 0 bridgehead atoms. The lowest BCUT2D eigenvalue weighted by Crippen LogP contribution is -2.19. The van der Waals surface area contributed by atoms with Gasteiger partial charge in [0.1, 0.15) is 22.8 Å². The third-order valence-corrected chi connectivity index (χ3v) is 5.23. The molecular formula is C23H17N5O2. The molecular weight excluding hydrogens is 378 g/mol. The van der Waals surface area contributed by atoms with Gasteiger partial charge in [-0.3, -0.25) is 9.89 Å². The Morgan fingerprint density at radius 3 is 2.63 bits per heavy atom. The molecule has 0 aliphatic heterocycles. The van der Waals surface area contributed by atoms with Gasteiger partial charge in [0.15, 0.2) is 11.2 Å². The van der Waals surface area contributed by atoms with E-state index in [-0.39, 0.29) is 22.7 Å². The second-order valence-electron chi connectivity index (χ2n) is 7.01. The summed E-state index contributed by atoms with van der Waals surface area (Å²) in [5, 5.41) is 12.5. The quantitative estimate of drug-likeness (QED) is 0.492. The average Bonchev–Trinajstić information content (AvgIpc) is 3.35. The summed E-state index contributed by atoms with van der Waals surface area (Å²) in [6.07, 6.45) is 0.807. The Kier molecular flexibility index (Phi) is 4.00. The van der Waals surface area contributed by atoms with Gasteiger partial charge in [0.05, 0.1) is 11.3 Å². The highest BCUT2D eigenvalue weighted by atomic mass is 16.3. The maximum Gasteiger partial charge on any atom is 0.285 e. The molecule has 0 aliphatic rings. The van der Waals surface area contributed by atoms with Crippen molar-refractivity contribution in [3.05, 3.63) is 75.8 Å². The van der Waals surface area contributed by atoms with E-state index in [1.807, 2.05) is 55.5 Å². The molecule has 0 radical (unpaired) electrons. The molecule has 0 aliphatic carbocycles. The van der Waals surface area contributed by atoms with Gasteiger partial charge in [-0.25, -0.2) is 9.97 Å². The van der Waals surface area contributed by atoms with Crippen molar-refractivity contribution < 1.29 is 4.42 Å². The van der Waals surface area contributed by atoms with Crippen molar-refractivity contribution in [1.29, 1.82) is 5.26 Å². The van der Waals surface area contributed by atoms with Gasteiger partial charge in [0, 0.05) is 0 Å². The zero-order valence-corrected chi connectivity index (χ0v) is 16.4. The molecule has 0 saturated carbocycles. The highest BCUT2D eigenvalue weighted by Gasteiger charge is 2.23. The van der Waals surface area contributed by atoms with Crippen LogP contribution in [0.5, 0.6) is 0 Å². The van der Waals surface area contributed by atoms with E-state index in [9.17, 15) is 10.1 Å². The first-order valence-corrected chi connectivity index (χ1v) is 9.62. The van der Waals surface area contributed by atoms with E-state index in [0.29, 0.717) is 22.5 Å². The lowest BCUT2D eigenvalue weighted by molar-refractivity contribution is 0.616. The van der Waals surface area contributed by atoms with E-state index in [0.717, 1.165) is 23.1 Å². The Labute approximate surface area is 171 Å². The Bertz CT molecular complexity index is 1520. The van der Waals surface area contributed by atoms with Crippen LogP contribution in [-0.4, -0.2) is 19.6 Å². The molecule has 0 unspecified atom stereocenters. The molecule has 2 aromatic carbocycles. The lowest BCUT2D eigenvalue weighted by Gasteiger charge is -2.03. The first-order valence-electron chi connectivity index (χ1n) is 9.62. The van der Waals surface area contributed by atoms with Crippen LogP contribution >= 0.6 is 0 Å². The molecule has 3 aromatic heterocycles. The smallest absolute Gasteiger partial charge is 0.285 e. The topological polar surface area (TPSA) is 100.0 Å². The Morgan fingerprint density at radius 2 is 1.90 bits per heavy atom. The molecule has 0 amide bonds. The molecule has 0 fully saturated rings. The van der Waals surface area contributed by atoms with Crippen LogP contribution in [0.3, 0.4) is 0 Å². The maximum atomic E-state index is 13.4. The molecule has 0 spiro atoms. The van der Waals surface area contributed by atoms with Gasteiger partial charge in [-0.05, 0) is 30.5 Å². The first-order chi connectivity index (χ1) is 14.6. The predicted molar refractivity (Wildman–Crippen MR) is 113 cm³/mol. The van der Waals surface area contributed by atoms with Crippen LogP contribution in [0.1, 0.15) is 23.9 Å². The summed E-state index contributed by atoms with van der Waals surface area (Å²) >= 11 is 0. The van der Waals surface area contributed by atoms with Gasteiger partial charge >= 0.3 is 0 Å². The van der Waals surface area contributed by atoms with Crippen molar-refractivity contribution in [2.75, 3.05) is 0 Å². The maximum absolute atomic E-state index is 13.4. The lowest BCUT2D eigenvalue weighted by atomic mass is 10.1. The molecule has 30 heavy (non-hydrogen) atoms. The molecule has 0 atom stereocenters. The zero-order chi connectivity index (χ0) is 20.8. The highest BCUT2D eigenvalue weighted by molar-refractivity contribution is 5.83. The number of nitrogens with zero attached hydrogens (tertiary/aromatic N) is 4. The monoisotopic (exact) mass is 395 g/mol. The fraction of sp³-hybridized carbons (Fsp3) is 0.130. The first kappa shape index (κ1) is 17.9. The minimum atomic E-state index is -0.360. The summed E-state index contributed by atoms with van der Waals surface area (Å²) in [7, 11) is 0. The molecule has 146 valence electrons. The third kappa shape index (κ3) is 2.54. The molecule has 5 rings (SSSR count). The van der Waals surface area contributed by atoms with Gasteiger partial charge in [-0.2, -0.15) is 9.78 Å². The Hall–Kier alpha value is -4.18. The summed E-state index contributed by atoms with van der Waals surface area (Å²) in [5.74, 6) is 0.227. The standard InChI is InChI=1S/C23H17N5O2/c1-3-14-10-7-11-17-20(14)26-22(30-17)18-13(2)25-21-19(15-8-5-4-6-9-15)16(12-24)27-28(21)23(18)29/h4-11,27H,3H2,1-2H3. The number of aryl methyl sites for hydroxylation is 2. The molecule has 1 N–H and O–H groups in total. The summed E-state index contributed by atoms with van der Waals surface area (Å²) < 4.78 is 7.20. The number of hydrogen-bond acceptors (Lipinski definition) is 5. The Morgan fingerprint density at radius 1 is 1.10 bits per heavy atom. The van der Waals surface area contributed by atoms with Gasteiger partial charge in [-0.15, -0.1) is 0 Å². The van der Waals surface area contributed by atoms with E-state index in [1.54, 1.807) is 6.92 Å². The van der Waals surface area contributed by atoms with Crippen molar-refractivity contribution in [3.63, 3.8) is 0 Å². The third-order valence-electron chi connectivity index (χ3n) is 5.23. The van der Waals surface area contributed by atoms with Crippen molar-refractivity contribution in [2.24, 2.45) is 0 Å². The summed E-state index contributed by atoms with van der Waals surface area (Å²) in [6, 6.07) is 17.3. The SMILES string of the molecule is CCc1cccc2oc(-c3c(C)nc4c(-c5ccccc5)c(C#N)[nH]n4c3=O)nc12. The fourth-order valence-corrected chi connectivity index (χ4v) is 3.78. The number of hydrogen-bond donors (Lipinski definition) is 1. The van der Waals surface area contributed by atoms with E-state index in [4.69, 9.17) is 4.42 Å². The second-order valence-corrected chi connectivity index (χ2v) is 7.01. The van der Waals surface area contributed by atoms with Crippen LogP contribution in [0.15, 0.2) is 57.7 Å². The number of rotatable bonds is 3. The van der Waals surface area contributed by atoms with Crippen LogP contribution in [0, 0.1) is 18.3 Å². The summed E-state index contributed by atoms with van der Waals surface area (Å²) in [4.78, 5) is 22.6. The molecule has 0 saturated heterocycles. The van der Waals surface area contributed by atoms with Crippen LogP contribution in [0.25, 0.3) is 39.3 Å². The summed E-state index contributed by atoms with van der Waals surface area (Å²) in [6.45, 7) is 3.80. The number of aromatic nitrogens is 4. The zero-order valence-electron chi connectivity index (χ0n) is 16.4. The van der Waals surface area contributed by atoms with Crippen LogP contribution in [-0.2, 0) is 6.42 Å². The average molecular weight is 395 g/mol. The summed E-state index contributed by atoms with van der Waals surface area (Å²) in [5.41, 5.74) is 4.89. The van der Waals surface area contributed by atoms with Crippen molar-refractivity contribution >= 4 is 16.7 Å². The number of benzene rings is 2. The van der Waals surface area contributed by atoms with Crippen LogP contribution < -0.4 is 5.56 Å². The number of H-pyrrole nitrogens is 1. The predicted octanol–water partition coefficient (Wildman–Crippen LogP) is 4.24.